The van der Waals surface area contributed by atoms with Crippen molar-refractivity contribution in [3.63, 3.8) is 0 Å². The monoisotopic (exact) mass is 390 g/mol. The van der Waals surface area contributed by atoms with Crippen molar-refractivity contribution in [2.45, 2.75) is 38.9 Å². The number of carbonyl (C=O) groups excluding carboxylic acids is 1. The zero-order chi connectivity index (χ0) is 20.2. The summed E-state index contributed by atoms with van der Waals surface area (Å²) in [6.07, 6.45) is 2.01. The van der Waals surface area contributed by atoms with E-state index < -0.39 is 0 Å². The van der Waals surface area contributed by atoms with Gasteiger partial charge in [-0.25, -0.2) is 4.98 Å². The molecule has 1 unspecified atom stereocenters. The van der Waals surface area contributed by atoms with Gasteiger partial charge in [-0.3, -0.25) is 19.1 Å². The third-order valence-electron chi connectivity index (χ3n) is 5.47. The van der Waals surface area contributed by atoms with Crippen LogP contribution in [0.3, 0.4) is 0 Å². The number of rotatable bonds is 5. The first-order chi connectivity index (χ1) is 14.1. The molecule has 1 aliphatic rings. The van der Waals surface area contributed by atoms with Gasteiger partial charge in [-0.05, 0) is 44.0 Å². The second-order valence-electron chi connectivity index (χ2n) is 7.69. The van der Waals surface area contributed by atoms with Crippen LogP contribution < -0.4 is 10.9 Å². The van der Waals surface area contributed by atoms with Gasteiger partial charge in [0.1, 0.15) is 12.4 Å². The predicted octanol–water partition coefficient (Wildman–Crippen LogP) is 2.49. The Hall–Kier alpha value is -2.99. The predicted molar refractivity (Wildman–Crippen MR) is 114 cm³/mol. The van der Waals surface area contributed by atoms with Crippen molar-refractivity contribution in [3.8, 4) is 0 Å². The summed E-state index contributed by atoms with van der Waals surface area (Å²) < 4.78 is 1.46. The van der Waals surface area contributed by atoms with Crippen LogP contribution in [0.25, 0.3) is 10.9 Å². The van der Waals surface area contributed by atoms with E-state index in [0.29, 0.717) is 16.7 Å². The van der Waals surface area contributed by atoms with E-state index in [2.05, 4.69) is 39.5 Å². The van der Waals surface area contributed by atoms with Crippen LogP contribution in [0.15, 0.2) is 59.4 Å². The molecule has 1 fully saturated rings. The number of carbonyl (C=O) groups is 1. The SMILES string of the molecule is Cc1nc2ccccc2c(=O)n1CC(=O)NC1CCCN(Cc2ccccc2)C1. The van der Waals surface area contributed by atoms with Crippen molar-refractivity contribution in [1.82, 2.24) is 19.8 Å². The molecule has 0 bridgehead atoms. The minimum absolute atomic E-state index is 0.00230. The summed E-state index contributed by atoms with van der Waals surface area (Å²) in [5, 5.41) is 3.66. The Balaban J connectivity index is 1.41. The van der Waals surface area contributed by atoms with Gasteiger partial charge in [-0.2, -0.15) is 0 Å². The number of likely N-dealkylation sites (tertiary alicyclic amines) is 1. The molecule has 1 aromatic heterocycles. The Labute approximate surface area is 170 Å². The van der Waals surface area contributed by atoms with E-state index in [1.165, 1.54) is 10.1 Å². The third-order valence-corrected chi connectivity index (χ3v) is 5.47. The fourth-order valence-electron chi connectivity index (χ4n) is 4.04. The number of para-hydroxylation sites is 1. The summed E-state index contributed by atoms with van der Waals surface area (Å²) in [4.78, 5) is 32.3. The maximum absolute atomic E-state index is 12.8. The van der Waals surface area contributed by atoms with Gasteiger partial charge in [-0.15, -0.1) is 0 Å². The molecule has 0 aliphatic carbocycles. The second-order valence-corrected chi connectivity index (χ2v) is 7.69. The smallest absolute Gasteiger partial charge is 0.261 e. The lowest BCUT2D eigenvalue weighted by molar-refractivity contribution is -0.122. The summed E-state index contributed by atoms with van der Waals surface area (Å²) in [6, 6.07) is 17.7. The zero-order valence-electron chi connectivity index (χ0n) is 16.7. The summed E-state index contributed by atoms with van der Waals surface area (Å²) in [7, 11) is 0. The van der Waals surface area contributed by atoms with Crippen molar-refractivity contribution in [2.24, 2.45) is 0 Å². The standard InChI is InChI=1S/C23H26N4O2/c1-17-24-21-12-6-5-11-20(21)23(29)27(17)16-22(28)25-19-10-7-13-26(15-19)14-18-8-3-2-4-9-18/h2-6,8-9,11-12,19H,7,10,13-16H2,1H3,(H,25,28). The van der Waals surface area contributed by atoms with Gasteiger partial charge < -0.3 is 5.32 Å². The van der Waals surface area contributed by atoms with Crippen LogP contribution in [0, 0.1) is 6.92 Å². The first-order valence-corrected chi connectivity index (χ1v) is 10.1. The van der Waals surface area contributed by atoms with Crippen molar-refractivity contribution >= 4 is 16.8 Å². The van der Waals surface area contributed by atoms with E-state index in [1.807, 2.05) is 24.3 Å². The first kappa shape index (κ1) is 19.3. The maximum Gasteiger partial charge on any atom is 0.261 e. The van der Waals surface area contributed by atoms with Gasteiger partial charge >= 0.3 is 0 Å². The molecule has 1 atom stereocenters. The molecule has 6 nitrogen and oxygen atoms in total. The fraction of sp³-hybridized carbons (Fsp3) is 0.348. The highest BCUT2D eigenvalue weighted by molar-refractivity contribution is 5.79. The molecule has 1 amide bonds. The van der Waals surface area contributed by atoms with Crippen LogP contribution in [-0.2, 0) is 17.9 Å². The molecule has 0 radical (unpaired) electrons. The Bertz CT molecular complexity index is 1060. The Morgan fingerprint density at radius 2 is 1.90 bits per heavy atom. The van der Waals surface area contributed by atoms with E-state index in [4.69, 9.17) is 0 Å². The molecule has 2 aromatic carbocycles. The number of nitrogens with one attached hydrogen (secondary N) is 1. The van der Waals surface area contributed by atoms with E-state index in [1.54, 1.807) is 13.0 Å². The molecule has 1 aliphatic heterocycles. The fourth-order valence-corrected chi connectivity index (χ4v) is 4.04. The normalized spacial score (nSPS) is 17.3. The second kappa shape index (κ2) is 8.57. The minimum atomic E-state index is -0.169. The Morgan fingerprint density at radius 1 is 1.14 bits per heavy atom. The van der Waals surface area contributed by atoms with E-state index in [9.17, 15) is 9.59 Å². The molecular formula is C23H26N4O2. The lowest BCUT2D eigenvalue weighted by Crippen LogP contribution is -2.48. The van der Waals surface area contributed by atoms with Gasteiger partial charge in [0.2, 0.25) is 5.91 Å². The molecule has 0 spiro atoms. The molecule has 0 saturated carbocycles. The number of aryl methyl sites for hydroxylation is 1. The van der Waals surface area contributed by atoms with Gasteiger partial charge in [0.15, 0.2) is 0 Å². The minimum Gasteiger partial charge on any atom is -0.351 e. The number of amides is 1. The van der Waals surface area contributed by atoms with Gasteiger partial charge in [-0.1, -0.05) is 42.5 Å². The van der Waals surface area contributed by atoms with Crippen LogP contribution in [0.1, 0.15) is 24.2 Å². The van der Waals surface area contributed by atoms with E-state index >= 15 is 0 Å². The van der Waals surface area contributed by atoms with Crippen molar-refractivity contribution in [3.05, 3.63) is 76.3 Å². The number of hydrogen-bond acceptors (Lipinski definition) is 4. The number of fused-ring (bicyclic) bond motifs is 1. The molecule has 1 N–H and O–H groups in total. The van der Waals surface area contributed by atoms with Crippen LogP contribution in [0.4, 0.5) is 0 Å². The molecule has 150 valence electrons. The first-order valence-electron chi connectivity index (χ1n) is 10.1. The highest BCUT2D eigenvalue weighted by Crippen LogP contribution is 2.14. The molecule has 29 heavy (non-hydrogen) atoms. The van der Waals surface area contributed by atoms with Gasteiger partial charge in [0.05, 0.1) is 10.9 Å². The van der Waals surface area contributed by atoms with Gasteiger partial charge in [0.25, 0.3) is 5.56 Å². The number of piperidine rings is 1. The van der Waals surface area contributed by atoms with Crippen LogP contribution in [0.5, 0.6) is 0 Å². The molecule has 3 aromatic rings. The van der Waals surface area contributed by atoms with E-state index in [0.717, 1.165) is 32.5 Å². The maximum atomic E-state index is 12.8. The Morgan fingerprint density at radius 3 is 2.72 bits per heavy atom. The van der Waals surface area contributed by atoms with E-state index in [-0.39, 0.29) is 24.1 Å². The summed E-state index contributed by atoms with van der Waals surface area (Å²) in [5.41, 5.74) is 1.77. The van der Waals surface area contributed by atoms with Crippen molar-refractivity contribution in [1.29, 1.82) is 0 Å². The molecule has 2 heterocycles. The highest BCUT2D eigenvalue weighted by atomic mass is 16.2. The zero-order valence-corrected chi connectivity index (χ0v) is 16.7. The quantitative estimate of drug-likeness (QED) is 0.727. The average Bonchev–Trinajstić information content (AvgIpc) is 2.72. The largest absolute Gasteiger partial charge is 0.351 e. The van der Waals surface area contributed by atoms with Crippen LogP contribution >= 0.6 is 0 Å². The Kier molecular flexibility index (Phi) is 5.71. The summed E-state index contributed by atoms with van der Waals surface area (Å²) >= 11 is 0. The molecule has 1 saturated heterocycles. The summed E-state index contributed by atoms with van der Waals surface area (Å²) in [5.74, 6) is 0.414. The number of hydrogen-bond donors (Lipinski definition) is 1. The number of benzene rings is 2. The lowest BCUT2D eigenvalue weighted by atomic mass is 10.0. The molecule has 4 rings (SSSR count). The number of aromatic nitrogens is 2. The lowest BCUT2D eigenvalue weighted by Gasteiger charge is -2.33. The average molecular weight is 390 g/mol. The summed E-state index contributed by atoms with van der Waals surface area (Å²) in [6.45, 7) is 4.51. The van der Waals surface area contributed by atoms with Crippen molar-refractivity contribution in [2.75, 3.05) is 13.1 Å². The van der Waals surface area contributed by atoms with Crippen LogP contribution in [0.2, 0.25) is 0 Å². The van der Waals surface area contributed by atoms with Gasteiger partial charge in [0, 0.05) is 19.1 Å². The number of nitrogens with zero attached hydrogens (tertiary/aromatic N) is 3. The molecule has 6 heteroatoms. The highest BCUT2D eigenvalue weighted by Gasteiger charge is 2.22. The topological polar surface area (TPSA) is 67.2 Å². The van der Waals surface area contributed by atoms with Crippen molar-refractivity contribution < 1.29 is 4.79 Å². The third kappa shape index (κ3) is 4.54. The molecular weight excluding hydrogens is 364 g/mol. The van der Waals surface area contributed by atoms with Crippen LogP contribution in [-0.4, -0.2) is 39.5 Å².